The summed E-state index contributed by atoms with van der Waals surface area (Å²) in [5.74, 6) is 2.16. The van der Waals surface area contributed by atoms with E-state index in [9.17, 15) is 9.18 Å². The lowest BCUT2D eigenvalue weighted by Gasteiger charge is -2.23. The van der Waals surface area contributed by atoms with Gasteiger partial charge in [0.1, 0.15) is 17.8 Å². The highest BCUT2D eigenvalue weighted by Crippen LogP contribution is 2.34. The van der Waals surface area contributed by atoms with Crippen molar-refractivity contribution in [2.45, 2.75) is 57.2 Å². The van der Waals surface area contributed by atoms with Crippen LogP contribution >= 0.6 is 0 Å². The molecule has 1 saturated carbocycles. The fourth-order valence-corrected chi connectivity index (χ4v) is 4.96. The predicted octanol–water partition coefficient (Wildman–Crippen LogP) is 3.04. The molecule has 0 aromatic carbocycles. The van der Waals surface area contributed by atoms with Gasteiger partial charge in [-0.05, 0) is 43.7 Å². The molecule has 1 aliphatic carbocycles. The SMILES string of the molecule is CC1CN(Cc2ccccn2)CC1c1nn2c(C3CCC(F)CC3)ncc2c(=O)[nH]1. The van der Waals surface area contributed by atoms with Gasteiger partial charge in [0, 0.05) is 37.7 Å². The van der Waals surface area contributed by atoms with Crippen LogP contribution in [0.3, 0.4) is 0 Å². The van der Waals surface area contributed by atoms with Gasteiger partial charge in [0.25, 0.3) is 5.56 Å². The van der Waals surface area contributed by atoms with Crippen LogP contribution in [0.1, 0.15) is 61.8 Å². The standard InChI is InChI=1S/C22H27FN6O/c1-14-11-28(12-17-4-2-3-9-24-17)13-18(14)20-26-22(30)19-10-25-21(29(19)27-20)15-5-7-16(23)8-6-15/h2-4,9-10,14-16,18H,5-8,11-13H2,1H3,(H,26,27,30). The number of aromatic amines is 1. The molecule has 2 aliphatic rings. The molecule has 158 valence electrons. The topological polar surface area (TPSA) is 79.2 Å². The third kappa shape index (κ3) is 3.64. The van der Waals surface area contributed by atoms with Gasteiger partial charge in [-0.25, -0.2) is 13.9 Å². The van der Waals surface area contributed by atoms with E-state index in [1.807, 2.05) is 24.4 Å². The monoisotopic (exact) mass is 410 g/mol. The van der Waals surface area contributed by atoms with E-state index in [1.54, 1.807) is 10.7 Å². The molecule has 0 radical (unpaired) electrons. The van der Waals surface area contributed by atoms with Crippen molar-refractivity contribution in [3.63, 3.8) is 0 Å². The lowest BCUT2D eigenvalue weighted by Crippen LogP contribution is -2.24. The Kier molecular flexibility index (Phi) is 5.10. The van der Waals surface area contributed by atoms with Gasteiger partial charge >= 0.3 is 0 Å². The maximum absolute atomic E-state index is 13.6. The predicted molar refractivity (Wildman–Crippen MR) is 111 cm³/mol. The van der Waals surface area contributed by atoms with Crippen molar-refractivity contribution in [1.29, 1.82) is 0 Å². The van der Waals surface area contributed by atoms with E-state index >= 15 is 0 Å². The molecule has 2 fully saturated rings. The zero-order chi connectivity index (χ0) is 20.7. The van der Waals surface area contributed by atoms with Crippen LogP contribution in [-0.2, 0) is 6.54 Å². The number of H-pyrrole nitrogens is 1. The number of hydrogen-bond acceptors (Lipinski definition) is 5. The molecule has 2 unspecified atom stereocenters. The Balaban J connectivity index is 1.41. The first-order chi connectivity index (χ1) is 14.6. The quantitative estimate of drug-likeness (QED) is 0.715. The molecule has 3 aromatic heterocycles. The normalized spacial score (nSPS) is 27.7. The van der Waals surface area contributed by atoms with Crippen LogP contribution in [0.5, 0.6) is 0 Å². The summed E-state index contributed by atoms with van der Waals surface area (Å²) in [7, 11) is 0. The van der Waals surface area contributed by atoms with Crippen LogP contribution in [0.2, 0.25) is 0 Å². The maximum Gasteiger partial charge on any atom is 0.276 e. The maximum atomic E-state index is 13.6. The largest absolute Gasteiger partial charge is 0.307 e. The van der Waals surface area contributed by atoms with Crippen molar-refractivity contribution in [3.05, 3.63) is 58.3 Å². The molecule has 1 aliphatic heterocycles. The minimum Gasteiger partial charge on any atom is -0.307 e. The highest BCUT2D eigenvalue weighted by Gasteiger charge is 2.34. The summed E-state index contributed by atoms with van der Waals surface area (Å²) in [6.07, 6.45) is 5.30. The summed E-state index contributed by atoms with van der Waals surface area (Å²) in [5.41, 5.74) is 1.35. The molecular weight excluding hydrogens is 383 g/mol. The summed E-state index contributed by atoms with van der Waals surface area (Å²) in [6.45, 7) is 4.74. The van der Waals surface area contributed by atoms with Gasteiger partial charge in [0.05, 0.1) is 11.9 Å². The first-order valence-corrected chi connectivity index (χ1v) is 10.8. The van der Waals surface area contributed by atoms with E-state index in [-0.39, 0.29) is 17.4 Å². The summed E-state index contributed by atoms with van der Waals surface area (Å²) >= 11 is 0. The van der Waals surface area contributed by atoms with Gasteiger partial charge in [-0.1, -0.05) is 13.0 Å². The zero-order valence-electron chi connectivity index (χ0n) is 17.2. The third-order valence-electron chi connectivity index (χ3n) is 6.62. The van der Waals surface area contributed by atoms with Crippen LogP contribution in [-0.4, -0.2) is 48.7 Å². The molecule has 3 aromatic rings. The second-order valence-corrected chi connectivity index (χ2v) is 8.80. The van der Waals surface area contributed by atoms with Gasteiger partial charge in [-0.15, -0.1) is 0 Å². The highest BCUT2D eigenvalue weighted by molar-refractivity contribution is 5.42. The van der Waals surface area contributed by atoms with Gasteiger partial charge in [-0.3, -0.25) is 14.7 Å². The molecular formula is C22H27FN6O. The number of rotatable bonds is 4. The average molecular weight is 410 g/mol. The van der Waals surface area contributed by atoms with E-state index in [2.05, 4.69) is 26.8 Å². The van der Waals surface area contributed by atoms with E-state index in [0.717, 1.165) is 44.0 Å². The Bertz CT molecular complexity index is 1070. The molecule has 1 saturated heterocycles. The number of imidazole rings is 1. The second kappa shape index (κ2) is 7.91. The van der Waals surface area contributed by atoms with Crippen LogP contribution in [0.4, 0.5) is 4.39 Å². The Hall–Kier alpha value is -2.61. The minimum atomic E-state index is -0.719. The summed E-state index contributed by atoms with van der Waals surface area (Å²) in [5, 5.41) is 4.83. The zero-order valence-corrected chi connectivity index (χ0v) is 17.2. The second-order valence-electron chi connectivity index (χ2n) is 8.80. The van der Waals surface area contributed by atoms with E-state index < -0.39 is 6.17 Å². The van der Waals surface area contributed by atoms with Crippen LogP contribution in [0.25, 0.3) is 5.52 Å². The van der Waals surface area contributed by atoms with Gasteiger partial charge < -0.3 is 4.98 Å². The Morgan fingerprint density at radius 2 is 2.00 bits per heavy atom. The summed E-state index contributed by atoms with van der Waals surface area (Å²) in [4.78, 5) is 27.0. The van der Waals surface area contributed by atoms with Crippen LogP contribution in [0, 0.1) is 5.92 Å². The number of fused-ring (bicyclic) bond motifs is 1. The molecule has 30 heavy (non-hydrogen) atoms. The number of halogens is 1. The molecule has 2 atom stereocenters. The Labute approximate surface area is 174 Å². The average Bonchev–Trinajstić information content (AvgIpc) is 3.33. The van der Waals surface area contributed by atoms with Gasteiger partial charge in [0.15, 0.2) is 5.52 Å². The first-order valence-electron chi connectivity index (χ1n) is 10.8. The lowest BCUT2D eigenvalue weighted by molar-refractivity contribution is 0.231. The van der Waals surface area contributed by atoms with E-state index in [1.165, 1.54) is 0 Å². The fraction of sp³-hybridized carbons (Fsp3) is 0.545. The van der Waals surface area contributed by atoms with Crippen molar-refractivity contribution in [2.24, 2.45) is 5.92 Å². The number of likely N-dealkylation sites (tertiary alicyclic amines) is 1. The van der Waals surface area contributed by atoms with Crippen molar-refractivity contribution >= 4 is 5.52 Å². The van der Waals surface area contributed by atoms with Crippen LogP contribution < -0.4 is 5.56 Å². The molecule has 0 spiro atoms. The smallest absolute Gasteiger partial charge is 0.276 e. The summed E-state index contributed by atoms with van der Waals surface area (Å²) < 4.78 is 15.3. The number of nitrogens with one attached hydrogen (secondary N) is 1. The molecule has 7 nitrogen and oxygen atoms in total. The van der Waals surface area contributed by atoms with Crippen molar-refractivity contribution in [2.75, 3.05) is 13.1 Å². The van der Waals surface area contributed by atoms with E-state index in [0.29, 0.717) is 30.1 Å². The Morgan fingerprint density at radius 3 is 2.77 bits per heavy atom. The molecule has 1 N–H and O–H groups in total. The summed E-state index contributed by atoms with van der Waals surface area (Å²) in [6, 6.07) is 5.96. The number of nitrogens with zero attached hydrogens (tertiary/aromatic N) is 5. The van der Waals surface area contributed by atoms with Crippen LogP contribution in [0.15, 0.2) is 35.4 Å². The minimum absolute atomic E-state index is 0.141. The molecule has 0 bridgehead atoms. The third-order valence-corrected chi connectivity index (χ3v) is 6.62. The van der Waals surface area contributed by atoms with Crippen molar-refractivity contribution in [1.82, 2.24) is 29.5 Å². The molecule has 4 heterocycles. The highest BCUT2D eigenvalue weighted by atomic mass is 19.1. The number of alkyl halides is 1. The van der Waals surface area contributed by atoms with E-state index in [4.69, 9.17) is 5.10 Å². The lowest BCUT2D eigenvalue weighted by atomic mass is 9.87. The number of pyridine rings is 1. The van der Waals surface area contributed by atoms with Gasteiger partial charge in [0.2, 0.25) is 0 Å². The van der Waals surface area contributed by atoms with Crippen molar-refractivity contribution in [3.8, 4) is 0 Å². The van der Waals surface area contributed by atoms with Crippen molar-refractivity contribution < 1.29 is 4.39 Å². The first kappa shape index (κ1) is 19.4. The fourth-order valence-electron chi connectivity index (χ4n) is 4.96. The van der Waals surface area contributed by atoms with Gasteiger partial charge in [-0.2, -0.15) is 5.10 Å². The molecule has 8 heteroatoms. The number of hydrogen-bond donors (Lipinski definition) is 1. The Morgan fingerprint density at radius 1 is 1.17 bits per heavy atom. The number of aromatic nitrogens is 5. The molecule has 5 rings (SSSR count). The molecule has 0 amide bonds.